The van der Waals surface area contributed by atoms with Gasteiger partial charge in [-0.05, 0) is 25.5 Å². The second-order valence-corrected chi connectivity index (χ2v) is 7.32. The van der Waals surface area contributed by atoms with E-state index in [1.54, 1.807) is 12.1 Å². The van der Waals surface area contributed by atoms with Crippen LogP contribution in [0.25, 0.3) is 0 Å². The molecule has 0 heterocycles. The molecule has 0 fully saturated rings. The van der Waals surface area contributed by atoms with E-state index in [-0.39, 0.29) is 5.75 Å². The summed E-state index contributed by atoms with van der Waals surface area (Å²) in [5.41, 5.74) is 1.09. The maximum atomic E-state index is 11.8. The van der Waals surface area contributed by atoms with Gasteiger partial charge >= 0.3 is 10.1 Å². The number of hydrogen-bond acceptors (Lipinski definition) is 3. The van der Waals surface area contributed by atoms with Crippen molar-refractivity contribution >= 4 is 10.1 Å². The van der Waals surface area contributed by atoms with Crippen LogP contribution in [0.4, 0.5) is 0 Å². The van der Waals surface area contributed by atoms with E-state index < -0.39 is 10.1 Å². The summed E-state index contributed by atoms with van der Waals surface area (Å²) in [6.45, 7) is 4.16. The average molecular weight is 312 g/mol. The molecule has 4 heteroatoms. The molecule has 120 valence electrons. The molecule has 1 aromatic carbocycles. The molecule has 0 atom stereocenters. The van der Waals surface area contributed by atoms with Crippen LogP contribution in [0.1, 0.15) is 63.9 Å². The van der Waals surface area contributed by atoms with Crippen molar-refractivity contribution in [2.75, 3.05) is 5.75 Å². The third-order valence-corrected chi connectivity index (χ3v) is 4.73. The molecule has 1 rings (SSSR count). The first-order valence-electron chi connectivity index (χ1n) is 8.02. The van der Waals surface area contributed by atoms with Crippen LogP contribution in [0.2, 0.25) is 0 Å². The molecule has 3 nitrogen and oxygen atoms in total. The largest absolute Gasteiger partial charge is 0.382 e. The highest BCUT2D eigenvalue weighted by Crippen LogP contribution is 2.15. The maximum Gasteiger partial charge on any atom is 0.309 e. The van der Waals surface area contributed by atoms with Crippen molar-refractivity contribution in [2.45, 2.75) is 65.2 Å². The summed E-state index contributed by atoms with van der Waals surface area (Å²) in [5, 5.41) is 0. The quantitative estimate of drug-likeness (QED) is 0.433. The first-order chi connectivity index (χ1) is 10.0. The Morgan fingerprint density at radius 3 is 1.95 bits per heavy atom. The SMILES string of the molecule is CCCCCCCCCCS(=O)(=O)Oc1ccc(C)cc1. The lowest BCUT2D eigenvalue weighted by molar-refractivity contribution is 0.481. The molecule has 0 radical (unpaired) electrons. The Balaban J connectivity index is 2.17. The van der Waals surface area contributed by atoms with E-state index in [1.807, 2.05) is 19.1 Å². The summed E-state index contributed by atoms with van der Waals surface area (Å²) in [4.78, 5) is 0. The number of rotatable bonds is 11. The van der Waals surface area contributed by atoms with Gasteiger partial charge in [-0.3, -0.25) is 0 Å². The van der Waals surface area contributed by atoms with Crippen molar-refractivity contribution in [2.24, 2.45) is 0 Å². The molecule has 0 amide bonds. The fourth-order valence-electron chi connectivity index (χ4n) is 2.19. The zero-order valence-corrected chi connectivity index (χ0v) is 14.1. The minimum absolute atomic E-state index is 0.107. The monoisotopic (exact) mass is 312 g/mol. The summed E-state index contributed by atoms with van der Waals surface area (Å²) in [7, 11) is -3.45. The van der Waals surface area contributed by atoms with E-state index >= 15 is 0 Å². The lowest BCUT2D eigenvalue weighted by Gasteiger charge is -2.07. The maximum absolute atomic E-state index is 11.8. The molecule has 0 spiro atoms. The standard InChI is InChI=1S/C17H28O3S/c1-3-4-5-6-7-8-9-10-15-21(18,19)20-17-13-11-16(2)12-14-17/h11-14H,3-10,15H2,1-2H3. The van der Waals surface area contributed by atoms with Crippen molar-refractivity contribution in [1.29, 1.82) is 0 Å². The molecule has 0 aliphatic heterocycles. The normalized spacial score (nSPS) is 11.5. The van der Waals surface area contributed by atoms with E-state index in [1.165, 1.54) is 32.1 Å². The number of hydrogen-bond donors (Lipinski definition) is 0. The number of benzene rings is 1. The van der Waals surface area contributed by atoms with E-state index in [4.69, 9.17) is 4.18 Å². The zero-order valence-electron chi connectivity index (χ0n) is 13.3. The van der Waals surface area contributed by atoms with Gasteiger partial charge in [-0.1, -0.05) is 69.6 Å². The predicted octanol–water partition coefficient (Wildman–Crippen LogP) is 4.84. The molecular weight excluding hydrogens is 284 g/mol. The lowest BCUT2D eigenvalue weighted by atomic mass is 10.1. The van der Waals surface area contributed by atoms with Crippen LogP contribution in [0.15, 0.2) is 24.3 Å². The second kappa shape index (κ2) is 9.82. The van der Waals surface area contributed by atoms with Crippen molar-refractivity contribution in [3.05, 3.63) is 29.8 Å². The highest BCUT2D eigenvalue weighted by Gasteiger charge is 2.12. The van der Waals surface area contributed by atoms with E-state index in [0.29, 0.717) is 12.2 Å². The van der Waals surface area contributed by atoms with Gasteiger partial charge in [-0.15, -0.1) is 0 Å². The Labute approximate surface area is 129 Å². The van der Waals surface area contributed by atoms with Gasteiger partial charge in [0.15, 0.2) is 0 Å². The molecule has 0 aliphatic carbocycles. The highest BCUT2D eigenvalue weighted by molar-refractivity contribution is 7.87. The van der Waals surface area contributed by atoms with Crippen LogP contribution in [0.3, 0.4) is 0 Å². The van der Waals surface area contributed by atoms with Crippen LogP contribution >= 0.6 is 0 Å². The van der Waals surface area contributed by atoms with Gasteiger partial charge in [0.05, 0.1) is 5.75 Å². The molecule has 21 heavy (non-hydrogen) atoms. The molecule has 0 N–H and O–H groups in total. The van der Waals surface area contributed by atoms with Crippen LogP contribution < -0.4 is 4.18 Å². The third kappa shape index (κ3) is 8.76. The average Bonchev–Trinajstić information content (AvgIpc) is 2.44. The molecule has 0 saturated heterocycles. The molecule has 0 bridgehead atoms. The second-order valence-electron chi connectivity index (χ2n) is 5.63. The first-order valence-corrected chi connectivity index (χ1v) is 9.60. The topological polar surface area (TPSA) is 43.4 Å². The third-order valence-electron chi connectivity index (χ3n) is 3.49. The molecule has 0 saturated carbocycles. The van der Waals surface area contributed by atoms with E-state index in [2.05, 4.69) is 6.92 Å². The fourth-order valence-corrected chi connectivity index (χ4v) is 3.24. The Morgan fingerprint density at radius 1 is 0.857 bits per heavy atom. The Hall–Kier alpha value is -1.03. The molecular formula is C17H28O3S. The molecule has 0 unspecified atom stereocenters. The van der Waals surface area contributed by atoms with Crippen molar-refractivity contribution in [3.63, 3.8) is 0 Å². The van der Waals surface area contributed by atoms with Gasteiger partial charge < -0.3 is 4.18 Å². The molecule has 0 aromatic heterocycles. The zero-order chi connectivity index (χ0) is 15.6. The summed E-state index contributed by atoms with van der Waals surface area (Å²) in [6.07, 6.45) is 9.09. The van der Waals surface area contributed by atoms with Crippen LogP contribution in [0, 0.1) is 6.92 Å². The summed E-state index contributed by atoms with van der Waals surface area (Å²) < 4.78 is 28.8. The van der Waals surface area contributed by atoms with Crippen molar-refractivity contribution in [1.82, 2.24) is 0 Å². The Kier molecular flexibility index (Phi) is 8.43. The van der Waals surface area contributed by atoms with Gasteiger partial charge in [-0.25, -0.2) is 0 Å². The highest BCUT2D eigenvalue weighted by atomic mass is 32.2. The van der Waals surface area contributed by atoms with Gasteiger partial charge in [0.2, 0.25) is 0 Å². The van der Waals surface area contributed by atoms with Crippen molar-refractivity contribution in [3.8, 4) is 5.75 Å². The van der Waals surface area contributed by atoms with Crippen LogP contribution in [-0.4, -0.2) is 14.2 Å². The van der Waals surface area contributed by atoms with Gasteiger partial charge in [0, 0.05) is 0 Å². The minimum Gasteiger partial charge on any atom is -0.382 e. The van der Waals surface area contributed by atoms with Gasteiger partial charge in [0.1, 0.15) is 5.75 Å². The van der Waals surface area contributed by atoms with Gasteiger partial charge in [0.25, 0.3) is 0 Å². The van der Waals surface area contributed by atoms with Crippen LogP contribution in [-0.2, 0) is 10.1 Å². The number of unbranched alkanes of at least 4 members (excludes halogenated alkanes) is 7. The van der Waals surface area contributed by atoms with E-state index in [0.717, 1.165) is 18.4 Å². The summed E-state index contributed by atoms with van der Waals surface area (Å²) in [6, 6.07) is 7.09. The number of aryl methyl sites for hydroxylation is 1. The molecule has 1 aromatic rings. The lowest BCUT2D eigenvalue weighted by Crippen LogP contribution is -2.13. The van der Waals surface area contributed by atoms with Crippen LogP contribution in [0.5, 0.6) is 5.75 Å². The molecule has 0 aliphatic rings. The minimum atomic E-state index is -3.45. The predicted molar refractivity (Wildman–Crippen MR) is 88.2 cm³/mol. The van der Waals surface area contributed by atoms with Crippen molar-refractivity contribution < 1.29 is 12.6 Å². The summed E-state index contributed by atoms with van der Waals surface area (Å²) in [5.74, 6) is 0.510. The first kappa shape index (κ1) is 18.0. The smallest absolute Gasteiger partial charge is 0.309 e. The Bertz CT molecular complexity index is 477. The summed E-state index contributed by atoms with van der Waals surface area (Å²) >= 11 is 0. The van der Waals surface area contributed by atoms with E-state index in [9.17, 15) is 8.42 Å². The van der Waals surface area contributed by atoms with Gasteiger partial charge in [-0.2, -0.15) is 8.42 Å². The Morgan fingerprint density at radius 2 is 1.38 bits per heavy atom. The fraction of sp³-hybridized carbons (Fsp3) is 0.647.